The summed E-state index contributed by atoms with van der Waals surface area (Å²) in [6.45, 7) is 9.11. The van der Waals surface area contributed by atoms with Crippen molar-refractivity contribution < 1.29 is 5.11 Å². The molecular formula is C16H25NO. The Kier molecular flexibility index (Phi) is 4.28. The van der Waals surface area contributed by atoms with E-state index in [1.165, 1.54) is 24.1 Å². The highest BCUT2D eigenvalue weighted by atomic mass is 16.3. The average Bonchev–Trinajstić information content (AvgIpc) is 2.38. The van der Waals surface area contributed by atoms with Crippen LogP contribution >= 0.6 is 0 Å². The van der Waals surface area contributed by atoms with Crippen LogP contribution in [0.3, 0.4) is 0 Å². The van der Waals surface area contributed by atoms with Crippen LogP contribution in [0.1, 0.15) is 37.8 Å². The summed E-state index contributed by atoms with van der Waals surface area (Å²) in [4.78, 5) is 2.43. The molecule has 18 heavy (non-hydrogen) atoms. The molecule has 0 unspecified atom stereocenters. The van der Waals surface area contributed by atoms with Crippen molar-refractivity contribution in [3.8, 4) is 0 Å². The lowest BCUT2D eigenvalue weighted by atomic mass is 9.86. The third-order valence-corrected chi connectivity index (χ3v) is 4.23. The summed E-state index contributed by atoms with van der Waals surface area (Å²) in [6, 6.07) is 6.41. The van der Waals surface area contributed by atoms with Gasteiger partial charge in [-0.1, -0.05) is 31.5 Å². The SMILES string of the molecule is Cc1ccc(N2CCC(C(C)C)CC2)c(CO)c1. The Balaban J connectivity index is 2.09. The highest BCUT2D eigenvalue weighted by Crippen LogP contribution is 2.30. The van der Waals surface area contributed by atoms with E-state index in [1.54, 1.807) is 0 Å². The highest BCUT2D eigenvalue weighted by molar-refractivity contribution is 5.55. The van der Waals surface area contributed by atoms with Crippen LogP contribution < -0.4 is 4.90 Å². The van der Waals surface area contributed by atoms with Crippen molar-refractivity contribution in [3.05, 3.63) is 29.3 Å². The molecular weight excluding hydrogens is 222 g/mol. The van der Waals surface area contributed by atoms with Gasteiger partial charge >= 0.3 is 0 Å². The predicted molar refractivity (Wildman–Crippen MR) is 76.9 cm³/mol. The molecule has 0 spiro atoms. The van der Waals surface area contributed by atoms with Crippen LogP contribution in [0.5, 0.6) is 0 Å². The Morgan fingerprint density at radius 2 is 1.94 bits per heavy atom. The Bertz CT molecular complexity index is 392. The molecule has 1 heterocycles. The fraction of sp³-hybridized carbons (Fsp3) is 0.625. The number of hydrogen-bond acceptors (Lipinski definition) is 2. The van der Waals surface area contributed by atoms with Crippen molar-refractivity contribution in [2.24, 2.45) is 11.8 Å². The number of anilines is 1. The van der Waals surface area contributed by atoms with Crippen molar-refractivity contribution in [1.82, 2.24) is 0 Å². The van der Waals surface area contributed by atoms with Gasteiger partial charge in [-0.2, -0.15) is 0 Å². The topological polar surface area (TPSA) is 23.5 Å². The van der Waals surface area contributed by atoms with E-state index in [2.05, 4.69) is 43.9 Å². The molecule has 1 aromatic rings. The van der Waals surface area contributed by atoms with Gasteiger partial charge in [-0.25, -0.2) is 0 Å². The summed E-state index contributed by atoms with van der Waals surface area (Å²) in [5.74, 6) is 1.66. The maximum absolute atomic E-state index is 9.49. The number of benzene rings is 1. The van der Waals surface area contributed by atoms with Crippen molar-refractivity contribution in [2.45, 2.75) is 40.2 Å². The molecule has 1 N–H and O–H groups in total. The standard InChI is InChI=1S/C16H25NO/c1-12(2)14-6-8-17(9-7-14)16-5-4-13(3)10-15(16)11-18/h4-5,10,12,14,18H,6-9,11H2,1-3H3. The van der Waals surface area contributed by atoms with E-state index in [4.69, 9.17) is 0 Å². The number of piperidine rings is 1. The number of aliphatic hydroxyl groups is 1. The summed E-state index contributed by atoms with van der Waals surface area (Å²) < 4.78 is 0. The van der Waals surface area contributed by atoms with Crippen molar-refractivity contribution in [2.75, 3.05) is 18.0 Å². The average molecular weight is 247 g/mol. The number of aliphatic hydroxyl groups excluding tert-OH is 1. The first kappa shape index (κ1) is 13.4. The van der Waals surface area contributed by atoms with Crippen molar-refractivity contribution in [3.63, 3.8) is 0 Å². The molecule has 0 aromatic heterocycles. The van der Waals surface area contributed by atoms with Crippen molar-refractivity contribution >= 4 is 5.69 Å². The zero-order chi connectivity index (χ0) is 13.1. The van der Waals surface area contributed by atoms with Gasteiger partial charge in [0.05, 0.1) is 6.61 Å². The van der Waals surface area contributed by atoms with Gasteiger partial charge in [0.25, 0.3) is 0 Å². The largest absolute Gasteiger partial charge is 0.392 e. The fourth-order valence-corrected chi connectivity index (χ4v) is 2.96. The van der Waals surface area contributed by atoms with Gasteiger partial charge in [0, 0.05) is 24.3 Å². The number of hydrogen-bond donors (Lipinski definition) is 1. The lowest BCUT2D eigenvalue weighted by Crippen LogP contribution is -2.35. The number of nitrogens with zero attached hydrogens (tertiary/aromatic N) is 1. The van der Waals surface area contributed by atoms with Gasteiger partial charge in [0.1, 0.15) is 0 Å². The molecule has 2 heteroatoms. The van der Waals surface area contributed by atoms with Crippen molar-refractivity contribution in [1.29, 1.82) is 0 Å². The lowest BCUT2D eigenvalue weighted by molar-refractivity contribution is 0.280. The molecule has 2 nitrogen and oxygen atoms in total. The van der Waals surface area contributed by atoms with Crippen LogP contribution in [0, 0.1) is 18.8 Å². The van der Waals surface area contributed by atoms with Gasteiger partial charge in [-0.3, -0.25) is 0 Å². The summed E-state index contributed by atoms with van der Waals surface area (Å²) in [5, 5.41) is 9.49. The van der Waals surface area contributed by atoms with E-state index in [9.17, 15) is 5.11 Å². The molecule has 1 aliphatic rings. The maximum atomic E-state index is 9.49. The van der Waals surface area contributed by atoms with Crippen LogP contribution in [-0.2, 0) is 6.61 Å². The lowest BCUT2D eigenvalue weighted by Gasteiger charge is -2.36. The summed E-state index contributed by atoms with van der Waals surface area (Å²) in [7, 11) is 0. The minimum absolute atomic E-state index is 0.140. The summed E-state index contributed by atoms with van der Waals surface area (Å²) in [6.07, 6.45) is 2.55. The third-order valence-electron chi connectivity index (χ3n) is 4.23. The number of aryl methyl sites for hydroxylation is 1. The highest BCUT2D eigenvalue weighted by Gasteiger charge is 2.22. The first-order chi connectivity index (χ1) is 8.61. The van der Waals surface area contributed by atoms with Gasteiger partial charge in [0.2, 0.25) is 0 Å². The van der Waals surface area contributed by atoms with Gasteiger partial charge in [-0.05, 0) is 37.7 Å². The van der Waals surface area contributed by atoms with Crippen LogP contribution in [0.25, 0.3) is 0 Å². The second-order valence-electron chi connectivity index (χ2n) is 5.86. The zero-order valence-electron chi connectivity index (χ0n) is 11.8. The van der Waals surface area contributed by atoms with Crippen LogP contribution in [0.2, 0.25) is 0 Å². The van der Waals surface area contributed by atoms with Crippen LogP contribution in [0.15, 0.2) is 18.2 Å². The minimum Gasteiger partial charge on any atom is -0.392 e. The molecule has 1 aliphatic heterocycles. The molecule has 0 saturated carbocycles. The molecule has 100 valence electrons. The molecule has 0 amide bonds. The van der Waals surface area contributed by atoms with Gasteiger partial charge in [-0.15, -0.1) is 0 Å². The maximum Gasteiger partial charge on any atom is 0.0702 e. The van der Waals surface area contributed by atoms with Crippen LogP contribution in [0.4, 0.5) is 5.69 Å². The van der Waals surface area contributed by atoms with E-state index in [0.29, 0.717) is 0 Å². The second kappa shape index (κ2) is 5.75. The Hall–Kier alpha value is -1.02. The minimum atomic E-state index is 0.140. The van der Waals surface area contributed by atoms with E-state index in [1.807, 2.05) is 0 Å². The molecule has 0 radical (unpaired) electrons. The number of rotatable bonds is 3. The summed E-state index contributed by atoms with van der Waals surface area (Å²) in [5.41, 5.74) is 3.52. The molecule has 1 saturated heterocycles. The Labute approximate surface area is 111 Å². The van der Waals surface area contributed by atoms with Gasteiger partial charge in [0.15, 0.2) is 0 Å². The molecule has 0 bridgehead atoms. The predicted octanol–water partition coefficient (Wildman–Crippen LogP) is 3.36. The smallest absolute Gasteiger partial charge is 0.0702 e. The van der Waals surface area contributed by atoms with E-state index < -0.39 is 0 Å². The summed E-state index contributed by atoms with van der Waals surface area (Å²) >= 11 is 0. The Morgan fingerprint density at radius 1 is 1.28 bits per heavy atom. The monoisotopic (exact) mass is 247 g/mol. The fourth-order valence-electron chi connectivity index (χ4n) is 2.96. The molecule has 2 rings (SSSR count). The van der Waals surface area contributed by atoms with E-state index in [0.717, 1.165) is 30.5 Å². The zero-order valence-corrected chi connectivity index (χ0v) is 11.8. The third kappa shape index (κ3) is 2.86. The molecule has 0 atom stereocenters. The first-order valence-corrected chi connectivity index (χ1v) is 7.07. The molecule has 0 aliphatic carbocycles. The normalized spacial score (nSPS) is 17.5. The first-order valence-electron chi connectivity index (χ1n) is 7.07. The Morgan fingerprint density at radius 3 is 2.50 bits per heavy atom. The molecule has 1 aromatic carbocycles. The van der Waals surface area contributed by atoms with E-state index in [-0.39, 0.29) is 6.61 Å². The second-order valence-corrected chi connectivity index (χ2v) is 5.86. The quantitative estimate of drug-likeness (QED) is 0.885. The van der Waals surface area contributed by atoms with E-state index >= 15 is 0 Å². The van der Waals surface area contributed by atoms with Gasteiger partial charge < -0.3 is 10.0 Å². The van der Waals surface area contributed by atoms with Crippen LogP contribution in [-0.4, -0.2) is 18.2 Å². The molecule has 1 fully saturated rings.